The molecular weight excluding hydrogens is 334 g/mol. The number of ether oxygens (including phenoxy) is 1. The molecule has 1 aromatic carbocycles. The summed E-state index contributed by atoms with van der Waals surface area (Å²) >= 11 is 11.1. The van der Waals surface area contributed by atoms with E-state index in [4.69, 9.17) is 16.3 Å². The zero-order valence-electron chi connectivity index (χ0n) is 9.87. The summed E-state index contributed by atoms with van der Waals surface area (Å²) in [5, 5.41) is 5.89. The van der Waals surface area contributed by atoms with E-state index in [-0.39, 0.29) is 0 Å². The molecule has 1 heterocycles. The summed E-state index contributed by atoms with van der Waals surface area (Å²) in [7, 11) is 1.90. The van der Waals surface area contributed by atoms with E-state index in [1.165, 1.54) is 4.88 Å². The van der Waals surface area contributed by atoms with E-state index >= 15 is 0 Å². The highest BCUT2D eigenvalue weighted by atomic mass is 79.9. The van der Waals surface area contributed by atoms with Crippen LogP contribution in [0.3, 0.4) is 0 Å². The number of nitrogens with one attached hydrogen (secondary N) is 1. The van der Waals surface area contributed by atoms with Crippen LogP contribution in [-0.4, -0.2) is 7.05 Å². The van der Waals surface area contributed by atoms with Crippen LogP contribution in [0.2, 0.25) is 5.02 Å². The maximum Gasteiger partial charge on any atom is 0.124 e. The first-order valence-electron chi connectivity index (χ1n) is 5.48. The van der Waals surface area contributed by atoms with Crippen molar-refractivity contribution >= 4 is 38.9 Å². The second kappa shape index (κ2) is 6.57. The van der Waals surface area contributed by atoms with Gasteiger partial charge in [-0.3, -0.25) is 0 Å². The summed E-state index contributed by atoms with van der Waals surface area (Å²) in [6, 6.07) is 7.76. The summed E-state index contributed by atoms with van der Waals surface area (Å²) in [4.78, 5) is 1.19. The van der Waals surface area contributed by atoms with Gasteiger partial charge in [-0.15, -0.1) is 11.3 Å². The number of rotatable bonds is 5. The van der Waals surface area contributed by atoms with Gasteiger partial charge < -0.3 is 10.1 Å². The van der Waals surface area contributed by atoms with E-state index in [1.54, 1.807) is 11.3 Å². The zero-order chi connectivity index (χ0) is 13.0. The molecule has 0 aliphatic heterocycles. The minimum absolute atomic E-state index is 0.578. The summed E-state index contributed by atoms with van der Waals surface area (Å²) in [5.74, 6) is 0.873. The fourth-order valence-corrected chi connectivity index (χ4v) is 3.15. The lowest BCUT2D eigenvalue weighted by Gasteiger charge is -2.11. The Balaban J connectivity index is 2.08. The Morgan fingerprint density at radius 3 is 2.89 bits per heavy atom. The van der Waals surface area contributed by atoms with Gasteiger partial charge in [0.2, 0.25) is 0 Å². The number of hydrogen-bond acceptors (Lipinski definition) is 3. The quantitative estimate of drug-likeness (QED) is 0.863. The van der Waals surface area contributed by atoms with Gasteiger partial charge in [0.1, 0.15) is 12.4 Å². The second-order valence-corrected chi connectivity index (χ2v) is 6.15. The van der Waals surface area contributed by atoms with Crippen molar-refractivity contribution in [1.82, 2.24) is 5.32 Å². The van der Waals surface area contributed by atoms with Gasteiger partial charge in [-0.2, -0.15) is 0 Å². The van der Waals surface area contributed by atoms with E-state index < -0.39 is 0 Å². The zero-order valence-corrected chi connectivity index (χ0v) is 13.0. The van der Waals surface area contributed by atoms with Gasteiger partial charge in [0.25, 0.3) is 0 Å². The molecule has 0 fully saturated rings. The van der Waals surface area contributed by atoms with E-state index in [1.807, 2.05) is 25.2 Å². The van der Waals surface area contributed by atoms with Gasteiger partial charge in [-0.1, -0.05) is 11.6 Å². The lowest BCUT2D eigenvalue weighted by atomic mass is 10.2. The smallest absolute Gasteiger partial charge is 0.124 e. The maximum absolute atomic E-state index is 5.99. The molecule has 0 saturated carbocycles. The van der Waals surface area contributed by atoms with E-state index in [0.717, 1.165) is 27.4 Å². The third-order valence-electron chi connectivity index (χ3n) is 2.38. The second-order valence-electron chi connectivity index (χ2n) is 3.80. The SMILES string of the molecule is CNCc1cc(Cl)ccc1OCc1cc(Br)cs1. The van der Waals surface area contributed by atoms with E-state index in [9.17, 15) is 0 Å². The van der Waals surface area contributed by atoms with Crippen LogP contribution in [0.5, 0.6) is 5.75 Å². The normalized spacial score (nSPS) is 10.6. The molecule has 96 valence electrons. The van der Waals surface area contributed by atoms with Gasteiger partial charge in [0.05, 0.1) is 0 Å². The minimum Gasteiger partial charge on any atom is -0.488 e. The first-order chi connectivity index (χ1) is 8.69. The molecule has 0 aliphatic rings. The minimum atomic E-state index is 0.578. The van der Waals surface area contributed by atoms with Crippen LogP contribution < -0.4 is 10.1 Å². The topological polar surface area (TPSA) is 21.3 Å². The summed E-state index contributed by atoms with van der Waals surface area (Å²) in [5.41, 5.74) is 1.07. The van der Waals surface area contributed by atoms with Gasteiger partial charge in [0.15, 0.2) is 0 Å². The Morgan fingerprint density at radius 2 is 2.22 bits per heavy atom. The number of thiophene rings is 1. The lowest BCUT2D eigenvalue weighted by Crippen LogP contribution is -2.07. The van der Waals surface area contributed by atoms with Crippen molar-refractivity contribution in [3.63, 3.8) is 0 Å². The molecule has 0 aliphatic carbocycles. The maximum atomic E-state index is 5.99. The van der Waals surface area contributed by atoms with Crippen LogP contribution >= 0.6 is 38.9 Å². The fraction of sp³-hybridized carbons (Fsp3) is 0.231. The summed E-state index contributed by atoms with van der Waals surface area (Å²) in [6.07, 6.45) is 0. The van der Waals surface area contributed by atoms with E-state index in [0.29, 0.717) is 6.61 Å². The summed E-state index contributed by atoms with van der Waals surface area (Å²) in [6.45, 7) is 1.32. The van der Waals surface area contributed by atoms with Gasteiger partial charge in [-0.05, 0) is 47.2 Å². The molecule has 0 bridgehead atoms. The fourth-order valence-electron chi connectivity index (χ4n) is 1.60. The molecule has 2 rings (SSSR count). The lowest BCUT2D eigenvalue weighted by molar-refractivity contribution is 0.306. The molecule has 0 saturated heterocycles. The van der Waals surface area contributed by atoms with Crippen molar-refractivity contribution in [2.45, 2.75) is 13.2 Å². The highest BCUT2D eigenvalue weighted by Crippen LogP contribution is 2.26. The van der Waals surface area contributed by atoms with Gasteiger partial charge in [-0.25, -0.2) is 0 Å². The van der Waals surface area contributed by atoms with Crippen LogP contribution in [0.4, 0.5) is 0 Å². The van der Waals surface area contributed by atoms with Crippen LogP contribution in [-0.2, 0) is 13.2 Å². The molecule has 0 spiro atoms. The molecule has 1 N–H and O–H groups in total. The Bertz CT molecular complexity index is 529. The molecule has 5 heteroatoms. The van der Waals surface area contributed by atoms with Crippen molar-refractivity contribution < 1.29 is 4.74 Å². The van der Waals surface area contributed by atoms with Crippen molar-refractivity contribution in [2.75, 3.05) is 7.05 Å². The van der Waals surface area contributed by atoms with Crippen LogP contribution in [0.15, 0.2) is 34.1 Å². The average Bonchev–Trinajstić information content (AvgIpc) is 2.75. The van der Waals surface area contributed by atoms with Crippen LogP contribution in [0.1, 0.15) is 10.4 Å². The van der Waals surface area contributed by atoms with Gasteiger partial charge >= 0.3 is 0 Å². The van der Waals surface area contributed by atoms with Crippen molar-refractivity contribution in [3.05, 3.63) is 49.6 Å². The Labute approximate surface area is 124 Å². The highest BCUT2D eigenvalue weighted by Gasteiger charge is 2.05. The molecular formula is C13H13BrClNOS. The molecule has 1 aromatic heterocycles. The first-order valence-corrected chi connectivity index (χ1v) is 7.53. The Hall–Kier alpha value is -0.550. The van der Waals surface area contributed by atoms with Crippen molar-refractivity contribution in [1.29, 1.82) is 0 Å². The molecule has 2 aromatic rings. The first kappa shape index (κ1) is 13.9. The molecule has 0 amide bonds. The third kappa shape index (κ3) is 3.72. The Morgan fingerprint density at radius 1 is 1.39 bits per heavy atom. The molecule has 18 heavy (non-hydrogen) atoms. The largest absolute Gasteiger partial charge is 0.488 e. The summed E-state index contributed by atoms with van der Waals surface area (Å²) < 4.78 is 6.93. The number of benzene rings is 1. The average molecular weight is 347 g/mol. The van der Waals surface area contributed by atoms with Gasteiger partial charge in [0, 0.05) is 31.9 Å². The molecule has 0 unspecified atom stereocenters. The molecule has 2 nitrogen and oxygen atoms in total. The van der Waals surface area contributed by atoms with Crippen LogP contribution in [0.25, 0.3) is 0 Å². The molecule has 0 radical (unpaired) electrons. The predicted octanol–water partition coefficient (Wildman–Crippen LogP) is 4.46. The number of hydrogen-bond donors (Lipinski definition) is 1. The third-order valence-corrected chi connectivity index (χ3v) is 4.29. The monoisotopic (exact) mass is 345 g/mol. The van der Waals surface area contributed by atoms with E-state index in [2.05, 4.69) is 32.7 Å². The number of halogens is 2. The van der Waals surface area contributed by atoms with Crippen molar-refractivity contribution in [3.8, 4) is 5.75 Å². The standard InChI is InChI=1S/C13H13BrClNOS/c1-16-6-9-4-11(15)2-3-13(9)17-7-12-5-10(14)8-18-12/h2-5,8,16H,6-7H2,1H3. The Kier molecular flexibility index (Phi) is 5.06. The van der Waals surface area contributed by atoms with Crippen molar-refractivity contribution in [2.24, 2.45) is 0 Å². The molecule has 0 atom stereocenters. The predicted molar refractivity (Wildman–Crippen MR) is 80.6 cm³/mol. The highest BCUT2D eigenvalue weighted by molar-refractivity contribution is 9.10. The van der Waals surface area contributed by atoms with Crippen LogP contribution in [0, 0.1) is 0 Å².